The Hall–Kier alpha value is -0.823. The Morgan fingerprint density at radius 3 is 2.32 bits per heavy atom. The summed E-state index contributed by atoms with van der Waals surface area (Å²) in [6.45, 7) is 11.5. The van der Waals surface area contributed by atoms with E-state index in [9.17, 15) is 0 Å². The van der Waals surface area contributed by atoms with Crippen LogP contribution < -0.4 is 5.19 Å². The number of hydrogen-bond donors (Lipinski definition) is 0. The molecule has 0 unspecified atom stereocenters. The highest BCUT2D eigenvalue weighted by molar-refractivity contribution is 6.89. The van der Waals surface area contributed by atoms with E-state index in [4.69, 9.17) is 0 Å². The first-order valence-corrected chi connectivity index (χ1v) is 11.0. The van der Waals surface area contributed by atoms with E-state index in [0.29, 0.717) is 0 Å². The van der Waals surface area contributed by atoms with Gasteiger partial charge in [-0.15, -0.1) is 0 Å². The predicted octanol–water partition coefficient (Wildman–Crippen LogP) is 5.52. The first-order valence-electron chi connectivity index (χ1n) is 7.78. The number of unbranched alkanes of at least 4 members (excludes halogenated alkanes) is 3. The summed E-state index contributed by atoms with van der Waals surface area (Å²) in [5, 5.41) is 1.58. The van der Waals surface area contributed by atoms with Crippen LogP contribution in [0.2, 0.25) is 19.1 Å². The highest BCUT2D eigenvalue weighted by Gasteiger charge is 2.22. The lowest BCUT2D eigenvalue weighted by Crippen LogP contribution is -2.40. The molecule has 1 aromatic carbocycles. The Morgan fingerprint density at radius 1 is 1.00 bits per heavy atom. The largest absolute Gasteiger partial charge is 0.0999 e. The number of rotatable bonds is 9. The van der Waals surface area contributed by atoms with Crippen molar-refractivity contribution in [3.8, 4) is 0 Å². The molecule has 0 fully saturated rings. The van der Waals surface area contributed by atoms with Crippen molar-refractivity contribution in [2.24, 2.45) is 0 Å². The molecule has 0 aromatic heterocycles. The Kier molecular flexibility index (Phi) is 7.15. The molecule has 0 radical (unpaired) electrons. The second kappa shape index (κ2) is 8.37. The van der Waals surface area contributed by atoms with Gasteiger partial charge >= 0.3 is 0 Å². The van der Waals surface area contributed by atoms with Gasteiger partial charge in [0.25, 0.3) is 0 Å². The van der Waals surface area contributed by atoms with Crippen molar-refractivity contribution in [3.05, 3.63) is 42.5 Å². The molecule has 0 N–H and O–H groups in total. The molecule has 0 nitrogen and oxygen atoms in total. The molecule has 0 heterocycles. The molecule has 19 heavy (non-hydrogen) atoms. The van der Waals surface area contributed by atoms with Gasteiger partial charge in [-0.25, -0.2) is 0 Å². The molecule has 0 spiro atoms. The third-order valence-electron chi connectivity index (χ3n) is 4.04. The molecule has 1 rings (SSSR count). The fourth-order valence-corrected chi connectivity index (χ4v) is 4.81. The average molecular weight is 275 g/mol. The van der Waals surface area contributed by atoms with Gasteiger partial charge in [0.2, 0.25) is 0 Å². The summed E-state index contributed by atoms with van der Waals surface area (Å²) in [4.78, 5) is 0. The smallest absolute Gasteiger partial charge is 0.0809 e. The number of hydrogen-bond acceptors (Lipinski definition) is 0. The van der Waals surface area contributed by atoms with E-state index in [1.807, 2.05) is 0 Å². The summed E-state index contributed by atoms with van der Waals surface area (Å²) < 4.78 is 0. The van der Waals surface area contributed by atoms with Gasteiger partial charge in [0.15, 0.2) is 0 Å². The zero-order valence-corrected chi connectivity index (χ0v) is 14.0. The first-order chi connectivity index (χ1) is 9.06. The standard InChI is InChI=1S/C18H30Si/c1-5-6-7-9-12-17(2)15-16-19(3,4)18-13-10-8-11-14-18/h8,10-11,13-14H,2,5-7,9,12,15-16H2,1,3-4H3. The van der Waals surface area contributed by atoms with Crippen LogP contribution in [0.15, 0.2) is 42.5 Å². The fourth-order valence-electron chi connectivity index (χ4n) is 2.45. The highest BCUT2D eigenvalue weighted by atomic mass is 28.3. The van der Waals surface area contributed by atoms with Crippen molar-refractivity contribution in [2.45, 2.75) is 64.6 Å². The molecule has 106 valence electrons. The highest BCUT2D eigenvalue weighted by Crippen LogP contribution is 2.19. The van der Waals surface area contributed by atoms with Crippen LogP contribution in [0.25, 0.3) is 0 Å². The summed E-state index contributed by atoms with van der Waals surface area (Å²) in [6.07, 6.45) is 7.85. The first kappa shape index (κ1) is 16.2. The van der Waals surface area contributed by atoms with Crippen molar-refractivity contribution in [2.75, 3.05) is 0 Å². The van der Waals surface area contributed by atoms with Gasteiger partial charge in [-0.05, 0) is 25.3 Å². The minimum atomic E-state index is -1.26. The molecule has 0 aliphatic carbocycles. The Morgan fingerprint density at radius 2 is 1.68 bits per heavy atom. The van der Waals surface area contributed by atoms with Gasteiger partial charge in [-0.3, -0.25) is 0 Å². The minimum absolute atomic E-state index is 1.22. The van der Waals surface area contributed by atoms with Crippen molar-refractivity contribution in [1.82, 2.24) is 0 Å². The molecule has 0 aliphatic heterocycles. The summed E-state index contributed by atoms with van der Waals surface area (Å²) in [5.74, 6) is 0. The number of allylic oxidation sites excluding steroid dienone is 1. The van der Waals surface area contributed by atoms with Crippen molar-refractivity contribution in [3.63, 3.8) is 0 Å². The maximum atomic E-state index is 4.27. The summed E-state index contributed by atoms with van der Waals surface area (Å²) in [5.41, 5.74) is 1.47. The van der Waals surface area contributed by atoms with E-state index in [2.05, 4.69) is 56.9 Å². The topological polar surface area (TPSA) is 0 Å². The van der Waals surface area contributed by atoms with E-state index in [-0.39, 0.29) is 0 Å². The lowest BCUT2D eigenvalue weighted by Gasteiger charge is -2.23. The van der Waals surface area contributed by atoms with Crippen LogP contribution in [0, 0.1) is 0 Å². The molecule has 1 heteroatoms. The lowest BCUT2D eigenvalue weighted by molar-refractivity contribution is 0.658. The second-order valence-electron chi connectivity index (χ2n) is 6.31. The van der Waals surface area contributed by atoms with E-state index in [1.165, 1.54) is 50.1 Å². The van der Waals surface area contributed by atoms with Crippen LogP contribution in [-0.2, 0) is 0 Å². The maximum absolute atomic E-state index is 4.27. The molecule has 1 aromatic rings. The SMILES string of the molecule is C=C(CCCCCC)CC[Si](C)(C)c1ccccc1. The summed E-state index contributed by atoms with van der Waals surface area (Å²) in [7, 11) is -1.26. The second-order valence-corrected chi connectivity index (χ2v) is 11.2. The summed E-state index contributed by atoms with van der Waals surface area (Å²) in [6, 6.07) is 12.4. The minimum Gasteiger partial charge on any atom is -0.0999 e. The zero-order chi connectivity index (χ0) is 14.1. The van der Waals surface area contributed by atoms with E-state index >= 15 is 0 Å². The van der Waals surface area contributed by atoms with Crippen molar-refractivity contribution < 1.29 is 0 Å². The molecule has 0 amide bonds. The Labute approximate surface area is 121 Å². The zero-order valence-electron chi connectivity index (χ0n) is 13.0. The molecule has 0 atom stereocenters. The van der Waals surface area contributed by atoms with Gasteiger partial charge in [-0.1, -0.05) is 87.0 Å². The lowest BCUT2D eigenvalue weighted by atomic mass is 10.1. The molecule has 0 bridgehead atoms. The van der Waals surface area contributed by atoms with Crippen LogP contribution in [0.4, 0.5) is 0 Å². The Bertz CT molecular complexity index is 365. The molecule has 0 aliphatic rings. The maximum Gasteiger partial charge on any atom is 0.0809 e. The molecule has 0 saturated heterocycles. The molecular formula is C18H30Si. The van der Waals surface area contributed by atoms with E-state index in [0.717, 1.165) is 0 Å². The summed E-state index contributed by atoms with van der Waals surface area (Å²) >= 11 is 0. The van der Waals surface area contributed by atoms with Gasteiger partial charge in [0, 0.05) is 0 Å². The van der Waals surface area contributed by atoms with E-state index in [1.54, 1.807) is 5.19 Å². The van der Waals surface area contributed by atoms with Crippen molar-refractivity contribution >= 4 is 13.3 Å². The number of benzene rings is 1. The Balaban J connectivity index is 2.33. The van der Waals surface area contributed by atoms with E-state index < -0.39 is 8.07 Å². The van der Waals surface area contributed by atoms with Crippen molar-refractivity contribution in [1.29, 1.82) is 0 Å². The van der Waals surface area contributed by atoms with Crippen LogP contribution in [-0.4, -0.2) is 8.07 Å². The average Bonchev–Trinajstić information content (AvgIpc) is 2.42. The fraction of sp³-hybridized carbons (Fsp3) is 0.556. The normalized spacial score (nSPS) is 11.5. The van der Waals surface area contributed by atoms with Crippen LogP contribution >= 0.6 is 0 Å². The monoisotopic (exact) mass is 274 g/mol. The third-order valence-corrected chi connectivity index (χ3v) is 7.44. The molecule has 0 saturated carbocycles. The van der Waals surface area contributed by atoms with Gasteiger partial charge in [-0.2, -0.15) is 0 Å². The van der Waals surface area contributed by atoms with Crippen LogP contribution in [0.1, 0.15) is 45.4 Å². The van der Waals surface area contributed by atoms with Gasteiger partial charge in [0.05, 0.1) is 8.07 Å². The van der Waals surface area contributed by atoms with Crippen LogP contribution in [0.3, 0.4) is 0 Å². The predicted molar refractivity (Wildman–Crippen MR) is 90.9 cm³/mol. The van der Waals surface area contributed by atoms with Gasteiger partial charge < -0.3 is 0 Å². The quantitative estimate of drug-likeness (QED) is 0.316. The third kappa shape index (κ3) is 6.24. The molecular weight excluding hydrogens is 244 g/mol. The van der Waals surface area contributed by atoms with Gasteiger partial charge in [0.1, 0.15) is 0 Å². The van der Waals surface area contributed by atoms with Crippen LogP contribution in [0.5, 0.6) is 0 Å².